The Kier molecular flexibility index (Phi) is 3.42. The Labute approximate surface area is 92.9 Å². The van der Waals surface area contributed by atoms with Crippen LogP contribution in [0.1, 0.15) is 36.8 Å². The van der Waals surface area contributed by atoms with E-state index in [0.717, 1.165) is 18.4 Å². The predicted octanol–water partition coefficient (Wildman–Crippen LogP) is 3.10. The highest BCUT2D eigenvalue weighted by atomic mass is 14.9. The highest BCUT2D eigenvalue weighted by molar-refractivity contribution is 5.27. The zero-order valence-electron chi connectivity index (χ0n) is 9.79. The molecule has 1 aliphatic rings. The van der Waals surface area contributed by atoms with Crippen molar-refractivity contribution in [1.29, 1.82) is 0 Å². The maximum atomic E-state index is 3.53. The average Bonchev–Trinajstić information content (AvgIpc) is 2.66. The van der Waals surface area contributed by atoms with E-state index in [4.69, 9.17) is 0 Å². The Morgan fingerprint density at radius 1 is 1.33 bits per heavy atom. The first-order valence-corrected chi connectivity index (χ1v) is 6.08. The van der Waals surface area contributed by atoms with Gasteiger partial charge in [-0.1, -0.05) is 43.2 Å². The second kappa shape index (κ2) is 4.80. The molecule has 1 nitrogen and oxygen atoms in total. The third-order valence-electron chi connectivity index (χ3n) is 3.47. The van der Waals surface area contributed by atoms with Crippen molar-refractivity contribution < 1.29 is 0 Å². The molecular formula is C14H21N. The molecule has 1 aliphatic heterocycles. The van der Waals surface area contributed by atoms with Gasteiger partial charge in [0, 0.05) is 12.5 Å². The minimum absolute atomic E-state index is 0.741. The van der Waals surface area contributed by atoms with Crippen LogP contribution in [0, 0.1) is 12.8 Å². The van der Waals surface area contributed by atoms with Crippen molar-refractivity contribution in [3.63, 3.8) is 0 Å². The molecule has 1 heteroatoms. The molecule has 0 radical (unpaired) electrons. The number of benzene rings is 1. The van der Waals surface area contributed by atoms with Crippen molar-refractivity contribution in [1.82, 2.24) is 5.32 Å². The lowest BCUT2D eigenvalue weighted by molar-refractivity contribution is 0.473. The van der Waals surface area contributed by atoms with E-state index in [2.05, 4.69) is 43.4 Å². The van der Waals surface area contributed by atoms with Crippen LogP contribution in [-0.4, -0.2) is 13.1 Å². The molecule has 1 saturated heterocycles. The summed E-state index contributed by atoms with van der Waals surface area (Å²) in [7, 11) is 0. The molecule has 1 fully saturated rings. The standard InChI is InChI=1S/C14H21N/c1-3-5-13-9-15-10-14(13)12-7-4-6-11(2)8-12/h4,6-8,13-15H,3,5,9-10H2,1-2H3/t13-,14-/m1/s1. The van der Waals surface area contributed by atoms with E-state index < -0.39 is 0 Å². The van der Waals surface area contributed by atoms with Gasteiger partial charge in [-0.05, 0) is 31.4 Å². The Morgan fingerprint density at radius 3 is 2.93 bits per heavy atom. The lowest BCUT2D eigenvalue weighted by Crippen LogP contribution is -2.10. The predicted molar refractivity (Wildman–Crippen MR) is 65.2 cm³/mol. The molecular weight excluding hydrogens is 182 g/mol. The van der Waals surface area contributed by atoms with Gasteiger partial charge in [0.25, 0.3) is 0 Å². The van der Waals surface area contributed by atoms with E-state index in [-0.39, 0.29) is 0 Å². The van der Waals surface area contributed by atoms with E-state index in [0.29, 0.717) is 0 Å². The van der Waals surface area contributed by atoms with Gasteiger partial charge in [0.2, 0.25) is 0 Å². The second-order valence-corrected chi connectivity index (χ2v) is 4.73. The maximum absolute atomic E-state index is 3.53. The number of aryl methyl sites for hydroxylation is 1. The molecule has 82 valence electrons. The molecule has 0 aliphatic carbocycles. The quantitative estimate of drug-likeness (QED) is 0.796. The molecule has 15 heavy (non-hydrogen) atoms. The first-order valence-electron chi connectivity index (χ1n) is 6.08. The monoisotopic (exact) mass is 203 g/mol. The molecule has 2 atom stereocenters. The Bertz CT molecular complexity index is 319. The van der Waals surface area contributed by atoms with Crippen LogP contribution in [0.2, 0.25) is 0 Å². The lowest BCUT2D eigenvalue weighted by Gasteiger charge is -2.18. The van der Waals surface area contributed by atoms with E-state index >= 15 is 0 Å². The van der Waals surface area contributed by atoms with Crippen molar-refractivity contribution in [2.24, 2.45) is 5.92 Å². The summed E-state index contributed by atoms with van der Waals surface area (Å²) >= 11 is 0. The molecule has 2 rings (SSSR count). The normalized spacial score (nSPS) is 25.7. The zero-order valence-corrected chi connectivity index (χ0v) is 9.79. The summed E-state index contributed by atoms with van der Waals surface area (Å²) in [5, 5.41) is 3.53. The third kappa shape index (κ3) is 2.40. The summed E-state index contributed by atoms with van der Waals surface area (Å²) in [5.41, 5.74) is 2.91. The summed E-state index contributed by atoms with van der Waals surface area (Å²) in [5.74, 6) is 1.58. The van der Waals surface area contributed by atoms with Gasteiger partial charge >= 0.3 is 0 Å². The van der Waals surface area contributed by atoms with Crippen molar-refractivity contribution in [3.8, 4) is 0 Å². The van der Waals surface area contributed by atoms with Crippen molar-refractivity contribution in [2.75, 3.05) is 13.1 Å². The van der Waals surface area contributed by atoms with Crippen molar-refractivity contribution >= 4 is 0 Å². The van der Waals surface area contributed by atoms with Crippen LogP contribution in [-0.2, 0) is 0 Å². The minimum atomic E-state index is 0.741. The van der Waals surface area contributed by atoms with Gasteiger partial charge < -0.3 is 5.32 Å². The van der Waals surface area contributed by atoms with Crippen LogP contribution < -0.4 is 5.32 Å². The van der Waals surface area contributed by atoms with Gasteiger partial charge in [0.1, 0.15) is 0 Å². The zero-order chi connectivity index (χ0) is 10.7. The largest absolute Gasteiger partial charge is 0.316 e. The number of hydrogen-bond acceptors (Lipinski definition) is 1. The van der Waals surface area contributed by atoms with Crippen LogP contribution in [0.5, 0.6) is 0 Å². The highest BCUT2D eigenvalue weighted by Crippen LogP contribution is 2.31. The smallest absolute Gasteiger partial charge is 0.00234 e. The first kappa shape index (κ1) is 10.7. The van der Waals surface area contributed by atoms with Crippen LogP contribution in [0.3, 0.4) is 0 Å². The molecule has 0 amide bonds. The first-order chi connectivity index (χ1) is 7.31. The summed E-state index contributed by atoms with van der Waals surface area (Å²) in [6, 6.07) is 9.00. The molecule has 0 bridgehead atoms. The molecule has 1 N–H and O–H groups in total. The van der Waals surface area contributed by atoms with Crippen LogP contribution in [0.4, 0.5) is 0 Å². The van der Waals surface area contributed by atoms with Crippen LogP contribution >= 0.6 is 0 Å². The van der Waals surface area contributed by atoms with Gasteiger partial charge in [-0.2, -0.15) is 0 Å². The van der Waals surface area contributed by atoms with Crippen molar-refractivity contribution in [3.05, 3.63) is 35.4 Å². The van der Waals surface area contributed by atoms with E-state index in [1.165, 1.54) is 30.5 Å². The second-order valence-electron chi connectivity index (χ2n) is 4.73. The number of rotatable bonds is 3. The average molecular weight is 203 g/mol. The van der Waals surface area contributed by atoms with Crippen molar-refractivity contribution in [2.45, 2.75) is 32.6 Å². The van der Waals surface area contributed by atoms with E-state index in [1.807, 2.05) is 0 Å². The fraction of sp³-hybridized carbons (Fsp3) is 0.571. The van der Waals surface area contributed by atoms with E-state index in [1.54, 1.807) is 0 Å². The Balaban J connectivity index is 2.15. The Hall–Kier alpha value is -0.820. The fourth-order valence-electron chi connectivity index (χ4n) is 2.70. The number of nitrogens with one attached hydrogen (secondary N) is 1. The molecule has 1 heterocycles. The molecule has 0 unspecified atom stereocenters. The van der Waals surface area contributed by atoms with Gasteiger partial charge in [-0.3, -0.25) is 0 Å². The third-order valence-corrected chi connectivity index (χ3v) is 3.47. The molecule has 0 spiro atoms. The fourth-order valence-corrected chi connectivity index (χ4v) is 2.70. The Morgan fingerprint density at radius 2 is 2.20 bits per heavy atom. The minimum Gasteiger partial charge on any atom is -0.316 e. The molecule has 1 aromatic rings. The van der Waals surface area contributed by atoms with Gasteiger partial charge in [0.05, 0.1) is 0 Å². The van der Waals surface area contributed by atoms with Crippen LogP contribution in [0.15, 0.2) is 24.3 Å². The molecule has 0 aromatic heterocycles. The lowest BCUT2D eigenvalue weighted by atomic mass is 9.86. The van der Waals surface area contributed by atoms with Gasteiger partial charge in [-0.15, -0.1) is 0 Å². The van der Waals surface area contributed by atoms with Gasteiger partial charge in [-0.25, -0.2) is 0 Å². The maximum Gasteiger partial charge on any atom is 0.00234 e. The summed E-state index contributed by atoms with van der Waals surface area (Å²) in [4.78, 5) is 0. The summed E-state index contributed by atoms with van der Waals surface area (Å²) < 4.78 is 0. The van der Waals surface area contributed by atoms with Crippen LogP contribution in [0.25, 0.3) is 0 Å². The topological polar surface area (TPSA) is 12.0 Å². The summed E-state index contributed by atoms with van der Waals surface area (Å²) in [6.45, 7) is 6.83. The SMILES string of the molecule is CCC[C@@H]1CNC[C@@H]1c1cccc(C)c1. The molecule has 0 saturated carbocycles. The van der Waals surface area contributed by atoms with Gasteiger partial charge in [0.15, 0.2) is 0 Å². The molecule has 1 aromatic carbocycles. The van der Waals surface area contributed by atoms with E-state index in [9.17, 15) is 0 Å². The summed E-state index contributed by atoms with van der Waals surface area (Å²) in [6.07, 6.45) is 2.65. The highest BCUT2D eigenvalue weighted by Gasteiger charge is 2.27. The number of hydrogen-bond donors (Lipinski definition) is 1.